The highest BCUT2D eigenvalue weighted by Gasteiger charge is 2.21. The Morgan fingerprint density at radius 1 is 1.22 bits per heavy atom. The van der Waals surface area contributed by atoms with Gasteiger partial charge in [0.25, 0.3) is 0 Å². The number of hydrogen-bond donors (Lipinski definition) is 0. The Labute approximate surface area is 115 Å². The summed E-state index contributed by atoms with van der Waals surface area (Å²) in [4.78, 5) is 3.98. The van der Waals surface area contributed by atoms with Crippen molar-refractivity contribution in [1.29, 1.82) is 0 Å². The van der Waals surface area contributed by atoms with Gasteiger partial charge < -0.3 is 0 Å². The van der Waals surface area contributed by atoms with Gasteiger partial charge in [0.2, 0.25) is 0 Å². The second kappa shape index (κ2) is 6.63. The lowest BCUT2D eigenvalue weighted by Crippen LogP contribution is -2.12. The first-order chi connectivity index (χ1) is 8.83. The van der Waals surface area contributed by atoms with E-state index in [0.29, 0.717) is 0 Å². The Hall–Kier alpha value is -1.24. The van der Waals surface area contributed by atoms with Crippen LogP contribution in [0.3, 0.4) is 0 Å². The first-order valence-electron chi connectivity index (χ1n) is 6.62. The van der Waals surface area contributed by atoms with E-state index in [1.54, 1.807) is 0 Å². The molecule has 0 radical (unpaired) electrons. The smallest absolute Gasteiger partial charge is 0.0739 e. The molecule has 18 heavy (non-hydrogen) atoms. The molecule has 2 rings (SSSR count). The number of benzene rings is 1. The minimum absolute atomic E-state index is 0.719. The molecule has 1 aliphatic rings. The van der Waals surface area contributed by atoms with Crippen LogP contribution < -0.4 is 0 Å². The highest BCUT2D eigenvalue weighted by atomic mass is 32.1. The van der Waals surface area contributed by atoms with E-state index in [1.165, 1.54) is 37.7 Å². The minimum atomic E-state index is 0.719. The average Bonchev–Trinajstić information content (AvgIpc) is 2.41. The molecule has 0 atom stereocenters. The summed E-state index contributed by atoms with van der Waals surface area (Å²) in [6.07, 6.45) is 8.49. The van der Waals surface area contributed by atoms with Gasteiger partial charge in [0, 0.05) is 0 Å². The van der Waals surface area contributed by atoms with Gasteiger partial charge in [0.15, 0.2) is 0 Å². The van der Waals surface area contributed by atoms with E-state index >= 15 is 0 Å². The molecule has 1 saturated carbocycles. The van der Waals surface area contributed by atoms with Gasteiger partial charge in [-0.25, -0.2) is 0 Å². The summed E-state index contributed by atoms with van der Waals surface area (Å²) >= 11 is 4.61. The third-order valence-electron chi connectivity index (χ3n) is 3.89. The molecule has 94 valence electrons. The number of allylic oxidation sites excluding steroid dienone is 1. The predicted molar refractivity (Wildman–Crippen MR) is 80.6 cm³/mol. The van der Waals surface area contributed by atoms with Gasteiger partial charge in [-0.1, -0.05) is 18.2 Å². The second-order valence-corrected chi connectivity index (χ2v) is 5.22. The van der Waals surface area contributed by atoms with Gasteiger partial charge in [-0.2, -0.15) is 4.99 Å². The van der Waals surface area contributed by atoms with E-state index in [4.69, 9.17) is 0 Å². The zero-order valence-electron chi connectivity index (χ0n) is 10.6. The average molecular weight is 257 g/mol. The zero-order chi connectivity index (χ0) is 12.8. The normalized spacial score (nSPS) is 23.1. The number of thiocarbonyl (C=S) groups is 1. The van der Waals surface area contributed by atoms with E-state index in [0.717, 1.165) is 17.5 Å². The van der Waals surface area contributed by atoms with Crippen LogP contribution in [0.5, 0.6) is 0 Å². The highest BCUT2D eigenvalue weighted by molar-refractivity contribution is 7.78. The number of nitrogens with zero attached hydrogens (tertiary/aromatic N) is 1. The van der Waals surface area contributed by atoms with Gasteiger partial charge in [0.05, 0.1) is 10.8 Å². The van der Waals surface area contributed by atoms with E-state index in [9.17, 15) is 0 Å². The number of hydrogen-bond acceptors (Lipinski definition) is 2. The lowest BCUT2D eigenvalue weighted by atomic mass is 9.77. The Bertz CT molecular complexity index is 435. The number of isothiocyanates is 1. The number of aliphatic imine (C=N–C) groups is 1. The quantitative estimate of drug-likeness (QED) is 0.406. The summed E-state index contributed by atoms with van der Waals surface area (Å²) in [7, 11) is 0. The van der Waals surface area contributed by atoms with Crippen LogP contribution in [0.2, 0.25) is 0 Å². The molecule has 0 N–H and O–H groups in total. The van der Waals surface area contributed by atoms with E-state index in [1.807, 2.05) is 12.1 Å². The maximum Gasteiger partial charge on any atom is 0.0739 e. The Morgan fingerprint density at radius 2 is 1.89 bits per heavy atom. The molecular weight excluding hydrogens is 238 g/mol. The molecule has 1 aromatic rings. The van der Waals surface area contributed by atoms with Crippen LogP contribution in [0.1, 0.15) is 43.6 Å². The van der Waals surface area contributed by atoms with Crippen LogP contribution in [0.25, 0.3) is 0 Å². The molecule has 1 aliphatic carbocycles. The third kappa shape index (κ3) is 3.38. The first kappa shape index (κ1) is 13.2. The van der Waals surface area contributed by atoms with Crippen molar-refractivity contribution in [3.8, 4) is 0 Å². The van der Waals surface area contributed by atoms with Crippen molar-refractivity contribution >= 4 is 23.1 Å². The van der Waals surface area contributed by atoms with Gasteiger partial charge in [-0.15, -0.1) is 6.58 Å². The van der Waals surface area contributed by atoms with Crippen molar-refractivity contribution in [2.45, 2.75) is 38.0 Å². The monoisotopic (exact) mass is 257 g/mol. The summed E-state index contributed by atoms with van der Waals surface area (Å²) in [5, 5.41) is 2.40. The maximum atomic E-state index is 4.61. The van der Waals surface area contributed by atoms with Crippen LogP contribution in [-0.4, -0.2) is 5.16 Å². The fraction of sp³-hybridized carbons (Fsp3) is 0.438. The molecule has 0 saturated heterocycles. The fourth-order valence-electron chi connectivity index (χ4n) is 2.84. The van der Waals surface area contributed by atoms with Crippen molar-refractivity contribution < 1.29 is 0 Å². The summed E-state index contributed by atoms with van der Waals surface area (Å²) in [5.74, 6) is 1.58. The SMILES string of the molecule is C=CCC1CCC(c2ccc(N=C=S)cc2)CC1. The first-order valence-corrected chi connectivity index (χ1v) is 7.03. The van der Waals surface area contributed by atoms with Gasteiger partial charge in [-0.05, 0) is 73.9 Å². The van der Waals surface area contributed by atoms with E-state index < -0.39 is 0 Å². The predicted octanol–water partition coefficient (Wildman–Crippen LogP) is 5.27. The van der Waals surface area contributed by atoms with Gasteiger partial charge in [-0.3, -0.25) is 0 Å². The molecule has 2 heteroatoms. The standard InChI is InChI=1S/C16H19NS/c1-2-3-13-4-6-14(7-5-13)15-8-10-16(11-9-15)17-12-18/h2,8-11,13-14H,1,3-7H2. The van der Waals surface area contributed by atoms with E-state index in [2.05, 4.69) is 47.2 Å². The Balaban J connectivity index is 1.96. The molecule has 1 aromatic carbocycles. The minimum Gasteiger partial charge on any atom is -0.195 e. The van der Waals surface area contributed by atoms with Crippen molar-refractivity contribution in [3.05, 3.63) is 42.5 Å². The van der Waals surface area contributed by atoms with Crippen LogP contribution in [0.4, 0.5) is 5.69 Å². The molecule has 1 fully saturated rings. The summed E-state index contributed by atoms with van der Waals surface area (Å²) < 4.78 is 0. The topological polar surface area (TPSA) is 12.4 Å². The molecule has 1 nitrogen and oxygen atoms in total. The van der Waals surface area contributed by atoms with Gasteiger partial charge in [0.1, 0.15) is 0 Å². The summed E-state index contributed by atoms with van der Waals surface area (Å²) in [6.45, 7) is 3.83. The van der Waals surface area contributed by atoms with E-state index in [-0.39, 0.29) is 0 Å². The lowest BCUT2D eigenvalue weighted by Gasteiger charge is -2.28. The van der Waals surface area contributed by atoms with Crippen LogP contribution in [-0.2, 0) is 0 Å². The number of rotatable bonds is 4. The van der Waals surface area contributed by atoms with Crippen molar-refractivity contribution in [3.63, 3.8) is 0 Å². The van der Waals surface area contributed by atoms with Crippen molar-refractivity contribution in [2.75, 3.05) is 0 Å². The van der Waals surface area contributed by atoms with Gasteiger partial charge >= 0.3 is 0 Å². The van der Waals surface area contributed by atoms with Crippen molar-refractivity contribution in [2.24, 2.45) is 10.9 Å². The van der Waals surface area contributed by atoms with Crippen LogP contribution in [0.15, 0.2) is 41.9 Å². The second-order valence-electron chi connectivity index (χ2n) is 5.04. The highest BCUT2D eigenvalue weighted by Crippen LogP contribution is 2.37. The fourth-order valence-corrected chi connectivity index (χ4v) is 2.95. The Kier molecular flexibility index (Phi) is 4.86. The molecular formula is C16H19NS. The third-order valence-corrected chi connectivity index (χ3v) is 3.98. The molecule has 0 heterocycles. The molecule has 0 amide bonds. The largest absolute Gasteiger partial charge is 0.195 e. The molecule has 0 unspecified atom stereocenters. The Morgan fingerprint density at radius 3 is 2.44 bits per heavy atom. The van der Waals surface area contributed by atoms with Crippen molar-refractivity contribution in [1.82, 2.24) is 0 Å². The molecule has 0 spiro atoms. The van der Waals surface area contributed by atoms with Crippen LogP contribution >= 0.6 is 12.2 Å². The molecule has 0 bridgehead atoms. The summed E-state index contributed by atoms with van der Waals surface area (Å²) in [6, 6.07) is 8.43. The molecule has 0 aliphatic heterocycles. The maximum absolute atomic E-state index is 4.61. The molecule has 0 aromatic heterocycles. The van der Waals surface area contributed by atoms with Crippen LogP contribution in [0, 0.1) is 5.92 Å². The lowest BCUT2D eigenvalue weighted by molar-refractivity contribution is 0.328. The summed E-state index contributed by atoms with van der Waals surface area (Å²) in [5.41, 5.74) is 2.34. The zero-order valence-corrected chi connectivity index (χ0v) is 11.5.